The van der Waals surface area contributed by atoms with Gasteiger partial charge in [0.15, 0.2) is 11.6 Å². The van der Waals surface area contributed by atoms with Gasteiger partial charge in [-0.3, -0.25) is 10.1 Å². The molecule has 4 nitrogen and oxygen atoms in total. The van der Waals surface area contributed by atoms with E-state index >= 15 is 0 Å². The third-order valence-electron chi connectivity index (χ3n) is 3.93. The highest BCUT2D eigenvalue weighted by molar-refractivity contribution is 5.84. The van der Waals surface area contributed by atoms with E-state index in [0.717, 1.165) is 19.4 Å². The van der Waals surface area contributed by atoms with Gasteiger partial charge in [-0.15, -0.1) is 0 Å². The summed E-state index contributed by atoms with van der Waals surface area (Å²) in [6.07, 6.45) is 5.31. The van der Waals surface area contributed by atoms with Crippen LogP contribution in [0.4, 0.5) is 4.39 Å². The average molecular weight is 290 g/mol. The molecule has 0 aliphatic carbocycles. The molecule has 5 heteroatoms. The summed E-state index contributed by atoms with van der Waals surface area (Å²) in [4.78, 5) is 14.1. The Labute approximate surface area is 123 Å². The minimum absolute atomic E-state index is 0.0296. The molecule has 1 amide bonds. The Morgan fingerprint density at radius 3 is 2.71 bits per heavy atom. The standard InChI is InChI=1S/C16H19FN2O2/c17-13-4-1-2-6-15(13)21-12-7-10-19(11-8-12)16(20)14-5-3-9-18-14/h1-6,12,14,18H,7-11H2/t14-/m0/s1. The zero-order chi connectivity index (χ0) is 14.7. The van der Waals surface area contributed by atoms with Crippen LogP contribution in [0.15, 0.2) is 36.4 Å². The van der Waals surface area contributed by atoms with Crippen LogP contribution in [0.25, 0.3) is 0 Å². The lowest BCUT2D eigenvalue weighted by Gasteiger charge is -2.33. The predicted octanol–water partition coefficient (Wildman–Crippen LogP) is 1.72. The van der Waals surface area contributed by atoms with E-state index in [1.54, 1.807) is 18.2 Å². The largest absolute Gasteiger partial charge is 0.487 e. The molecule has 1 N–H and O–H groups in total. The second-order valence-electron chi connectivity index (χ2n) is 5.39. The van der Waals surface area contributed by atoms with Crippen LogP contribution in [0.5, 0.6) is 5.75 Å². The fourth-order valence-corrected chi connectivity index (χ4v) is 2.75. The first-order chi connectivity index (χ1) is 10.2. The molecule has 2 aliphatic heterocycles. The smallest absolute Gasteiger partial charge is 0.243 e. The van der Waals surface area contributed by atoms with Crippen LogP contribution in [0, 0.1) is 5.82 Å². The first-order valence-corrected chi connectivity index (χ1v) is 7.34. The van der Waals surface area contributed by atoms with E-state index in [1.165, 1.54) is 6.07 Å². The quantitative estimate of drug-likeness (QED) is 0.862. The Morgan fingerprint density at radius 2 is 2.05 bits per heavy atom. The van der Waals surface area contributed by atoms with Gasteiger partial charge in [0.2, 0.25) is 5.91 Å². The molecule has 3 rings (SSSR count). The maximum absolute atomic E-state index is 13.5. The molecule has 21 heavy (non-hydrogen) atoms. The van der Waals surface area contributed by atoms with Gasteiger partial charge in [-0.05, 0) is 12.1 Å². The van der Waals surface area contributed by atoms with Gasteiger partial charge in [0.25, 0.3) is 0 Å². The summed E-state index contributed by atoms with van der Waals surface area (Å²) < 4.78 is 19.2. The zero-order valence-electron chi connectivity index (χ0n) is 11.8. The molecule has 0 bridgehead atoms. The number of para-hydroxylation sites is 1. The number of likely N-dealkylation sites (tertiary alicyclic amines) is 1. The molecule has 112 valence electrons. The minimum Gasteiger partial charge on any atom is -0.487 e. The molecule has 2 heterocycles. The van der Waals surface area contributed by atoms with Crippen LogP contribution < -0.4 is 10.1 Å². The highest BCUT2D eigenvalue weighted by atomic mass is 19.1. The van der Waals surface area contributed by atoms with Gasteiger partial charge in [-0.25, -0.2) is 4.39 Å². The Morgan fingerprint density at radius 1 is 1.29 bits per heavy atom. The van der Waals surface area contributed by atoms with Gasteiger partial charge in [0.1, 0.15) is 12.1 Å². The number of halogens is 1. The maximum atomic E-state index is 13.5. The van der Waals surface area contributed by atoms with E-state index in [0.29, 0.717) is 18.8 Å². The number of hydrogen-bond donors (Lipinski definition) is 1. The topological polar surface area (TPSA) is 41.6 Å². The van der Waals surface area contributed by atoms with Crippen molar-refractivity contribution in [1.82, 2.24) is 10.2 Å². The molecule has 1 aromatic carbocycles. The highest BCUT2D eigenvalue weighted by Gasteiger charge is 2.28. The van der Waals surface area contributed by atoms with Crippen LogP contribution in [0.2, 0.25) is 0 Å². The van der Waals surface area contributed by atoms with Crippen molar-refractivity contribution < 1.29 is 13.9 Å². The average Bonchev–Trinajstić information content (AvgIpc) is 3.04. The Bertz CT molecular complexity index is 539. The molecule has 1 aromatic rings. The minimum atomic E-state index is -0.337. The highest BCUT2D eigenvalue weighted by Crippen LogP contribution is 2.22. The number of nitrogens with one attached hydrogen (secondary N) is 1. The maximum Gasteiger partial charge on any atom is 0.243 e. The van der Waals surface area contributed by atoms with Crippen molar-refractivity contribution in [3.63, 3.8) is 0 Å². The molecule has 0 saturated carbocycles. The monoisotopic (exact) mass is 290 g/mol. The fraction of sp³-hybridized carbons (Fsp3) is 0.438. The molecule has 2 aliphatic rings. The van der Waals surface area contributed by atoms with Gasteiger partial charge in [-0.1, -0.05) is 24.3 Å². The third-order valence-corrected chi connectivity index (χ3v) is 3.93. The van der Waals surface area contributed by atoms with Crippen molar-refractivity contribution in [2.45, 2.75) is 25.0 Å². The molecular formula is C16H19FN2O2. The van der Waals surface area contributed by atoms with E-state index in [4.69, 9.17) is 4.74 Å². The second kappa shape index (κ2) is 6.26. The first-order valence-electron chi connectivity index (χ1n) is 7.34. The van der Waals surface area contributed by atoms with Gasteiger partial charge >= 0.3 is 0 Å². The van der Waals surface area contributed by atoms with Crippen molar-refractivity contribution in [3.05, 3.63) is 42.2 Å². The Kier molecular flexibility index (Phi) is 4.20. The molecule has 0 radical (unpaired) electrons. The van der Waals surface area contributed by atoms with Crippen molar-refractivity contribution in [3.8, 4) is 5.75 Å². The van der Waals surface area contributed by atoms with Crippen LogP contribution in [-0.2, 0) is 4.79 Å². The Hall–Kier alpha value is -1.88. The van der Waals surface area contributed by atoms with Crippen LogP contribution in [-0.4, -0.2) is 42.6 Å². The van der Waals surface area contributed by atoms with Crippen LogP contribution in [0.3, 0.4) is 0 Å². The van der Waals surface area contributed by atoms with Gasteiger partial charge in [0.05, 0.1) is 0 Å². The van der Waals surface area contributed by atoms with Crippen molar-refractivity contribution in [2.24, 2.45) is 0 Å². The van der Waals surface area contributed by atoms with Crippen LogP contribution >= 0.6 is 0 Å². The summed E-state index contributed by atoms with van der Waals surface area (Å²) in [5.41, 5.74) is 0. The van der Waals surface area contributed by atoms with Crippen molar-refractivity contribution in [1.29, 1.82) is 0 Å². The summed E-state index contributed by atoms with van der Waals surface area (Å²) in [6, 6.07) is 6.25. The zero-order valence-corrected chi connectivity index (χ0v) is 11.8. The van der Waals surface area contributed by atoms with E-state index in [-0.39, 0.29) is 23.9 Å². The number of benzene rings is 1. The fourth-order valence-electron chi connectivity index (χ4n) is 2.75. The lowest BCUT2D eigenvalue weighted by atomic mass is 10.1. The molecule has 1 saturated heterocycles. The number of nitrogens with zero attached hydrogens (tertiary/aromatic N) is 1. The van der Waals surface area contributed by atoms with Crippen molar-refractivity contribution >= 4 is 5.91 Å². The summed E-state index contributed by atoms with van der Waals surface area (Å²) >= 11 is 0. The van der Waals surface area contributed by atoms with E-state index in [1.807, 2.05) is 17.1 Å². The lowest BCUT2D eigenvalue weighted by molar-refractivity contribution is -0.133. The number of carbonyl (C=O) groups is 1. The molecule has 0 aromatic heterocycles. The van der Waals surface area contributed by atoms with Crippen LogP contribution in [0.1, 0.15) is 12.8 Å². The number of amides is 1. The normalized spacial score (nSPS) is 22.5. The summed E-state index contributed by atoms with van der Waals surface area (Å²) in [6.45, 7) is 2.07. The van der Waals surface area contributed by atoms with E-state index in [2.05, 4.69) is 5.32 Å². The number of carbonyl (C=O) groups excluding carboxylic acids is 1. The predicted molar refractivity (Wildman–Crippen MR) is 77.6 cm³/mol. The van der Waals surface area contributed by atoms with E-state index in [9.17, 15) is 9.18 Å². The summed E-state index contributed by atoms with van der Waals surface area (Å²) in [5, 5.41) is 3.13. The van der Waals surface area contributed by atoms with E-state index < -0.39 is 0 Å². The first kappa shape index (κ1) is 14.1. The number of piperidine rings is 1. The van der Waals surface area contributed by atoms with Gasteiger partial charge in [-0.2, -0.15) is 0 Å². The Balaban J connectivity index is 1.52. The molecule has 0 spiro atoms. The number of rotatable bonds is 3. The number of ether oxygens (including phenoxy) is 1. The molecule has 1 fully saturated rings. The third kappa shape index (κ3) is 3.24. The second-order valence-corrected chi connectivity index (χ2v) is 5.39. The van der Waals surface area contributed by atoms with Gasteiger partial charge in [0, 0.05) is 32.5 Å². The number of hydrogen-bond acceptors (Lipinski definition) is 3. The summed E-state index contributed by atoms with van der Waals surface area (Å²) in [7, 11) is 0. The molecular weight excluding hydrogens is 271 g/mol. The van der Waals surface area contributed by atoms with Gasteiger partial charge < -0.3 is 9.64 Å². The summed E-state index contributed by atoms with van der Waals surface area (Å²) in [5.74, 6) is 0.0760. The van der Waals surface area contributed by atoms with Crippen molar-refractivity contribution in [2.75, 3.05) is 19.6 Å². The SMILES string of the molecule is O=C([C@@H]1C=CCN1)N1CCC(Oc2ccccc2F)CC1. The lowest BCUT2D eigenvalue weighted by Crippen LogP contribution is -2.48. The molecule has 1 atom stereocenters. The molecule has 0 unspecified atom stereocenters.